The number of aliphatic carboxylic acids is 2. The molecule has 2 atom stereocenters. The molecule has 1 rings (SSSR count). The van der Waals surface area contributed by atoms with Gasteiger partial charge in [0.15, 0.2) is 0 Å². The minimum absolute atomic E-state index is 0.108. The average Bonchev–Trinajstić information content (AvgIpc) is 2.34. The molecule has 6 heteroatoms. The third kappa shape index (κ3) is 5.32. The first kappa shape index (κ1) is 15.4. The Hall–Kier alpha value is -0.670. The summed E-state index contributed by atoms with van der Waals surface area (Å²) in [7, 11) is -1.28. The first-order valence-electron chi connectivity index (χ1n) is 6.41. The molecule has 0 aromatic rings. The van der Waals surface area contributed by atoms with Gasteiger partial charge in [0.2, 0.25) is 0 Å². The molecule has 3 N–H and O–H groups in total. The Labute approximate surface area is 108 Å². The van der Waals surface area contributed by atoms with Gasteiger partial charge >= 0.3 is 11.9 Å². The molecule has 5 nitrogen and oxygen atoms in total. The fraction of sp³-hybridized carbons (Fsp3) is 0.833. The van der Waals surface area contributed by atoms with Crippen LogP contribution in [0.1, 0.15) is 44.9 Å². The van der Waals surface area contributed by atoms with Crippen LogP contribution in [0.4, 0.5) is 0 Å². The van der Waals surface area contributed by atoms with Gasteiger partial charge in [-0.25, -0.2) is 0 Å². The van der Waals surface area contributed by atoms with Crippen molar-refractivity contribution < 1.29 is 24.7 Å². The maximum atomic E-state index is 11.0. The van der Waals surface area contributed by atoms with Crippen LogP contribution in [0.2, 0.25) is 0 Å². The molecular formula is C12H21O5P. The van der Waals surface area contributed by atoms with Gasteiger partial charge in [-0.2, -0.15) is 0 Å². The molecule has 1 aliphatic rings. The molecule has 0 spiro atoms. The van der Waals surface area contributed by atoms with Gasteiger partial charge in [-0.15, -0.1) is 0 Å². The van der Waals surface area contributed by atoms with Crippen molar-refractivity contribution in [2.24, 2.45) is 5.92 Å². The van der Waals surface area contributed by atoms with Gasteiger partial charge in [0, 0.05) is 26.4 Å². The third-order valence-electron chi connectivity index (χ3n) is 3.46. The molecule has 0 heterocycles. The minimum Gasteiger partial charge on any atom is -0.481 e. The van der Waals surface area contributed by atoms with Gasteiger partial charge in [-0.1, -0.05) is 19.3 Å². The van der Waals surface area contributed by atoms with E-state index in [0.717, 1.165) is 25.7 Å². The lowest BCUT2D eigenvalue weighted by atomic mass is 10.0. The quantitative estimate of drug-likeness (QED) is 0.620. The number of carboxylic acids is 2. The van der Waals surface area contributed by atoms with Crippen LogP contribution in [0.3, 0.4) is 0 Å². The molecule has 0 aliphatic heterocycles. The molecule has 0 radical (unpaired) electrons. The number of hydrogen-bond donors (Lipinski definition) is 3. The second-order valence-electron chi connectivity index (χ2n) is 4.88. The molecule has 1 fully saturated rings. The Balaban J connectivity index is 2.43. The monoisotopic (exact) mass is 276 g/mol. The van der Waals surface area contributed by atoms with E-state index < -0.39 is 26.0 Å². The van der Waals surface area contributed by atoms with Gasteiger partial charge in [0.1, 0.15) is 0 Å². The van der Waals surface area contributed by atoms with Gasteiger partial charge in [0.05, 0.1) is 5.92 Å². The van der Waals surface area contributed by atoms with Crippen molar-refractivity contribution in [3.8, 4) is 0 Å². The summed E-state index contributed by atoms with van der Waals surface area (Å²) in [6, 6.07) is 0. The van der Waals surface area contributed by atoms with Crippen molar-refractivity contribution in [2.75, 3.05) is 6.16 Å². The maximum Gasteiger partial charge on any atom is 0.306 e. The summed E-state index contributed by atoms with van der Waals surface area (Å²) >= 11 is 0. The lowest BCUT2D eigenvalue weighted by Gasteiger charge is -2.27. The topological polar surface area (TPSA) is 94.8 Å². The zero-order valence-electron chi connectivity index (χ0n) is 10.4. The highest BCUT2D eigenvalue weighted by molar-refractivity contribution is 7.52. The standard InChI is InChI=1S/C12H21O5P/c13-11(14)7-6-9(12(15)16)8-18(17)10-4-2-1-3-5-10/h9-10,17H,1-8H2,(H,13,14)(H,15,16). The van der Waals surface area contributed by atoms with Crippen LogP contribution in [0.25, 0.3) is 0 Å². The minimum atomic E-state index is -1.28. The summed E-state index contributed by atoms with van der Waals surface area (Å²) in [6.45, 7) is 0. The van der Waals surface area contributed by atoms with E-state index in [4.69, 9.17) is 10.2 Å². The van der Waals surface area contributed by atoms with Crippen molar-refractivity contribution in [1.82, 2.24) is 0 Å². The largest absolute Gasteiger partial charge is 0.481 e. The smallest absolute Gasteiger partial charge is 0.306 e. The Kier molecular flexibility index (Phi) is 6.58. The Morgan fingerprint density at radius 2 is 1.78 bits per heavy atom. The van der Waals surface area contributed by atoms with Crippen LogP contribution in [0, 0.1) is 5.92 Å². The van der Waals surface area contributed by atoms with Crippen LogP contribution < -0.4 is 0 Å². The summed E-state index contributed by atoms with van der Waals surface area (Å²) in [5.41, 5.74) is 0.250. The molecule has 1 saturated carbocycles. The summed E-state index contributed by atoms with van der Waals surface area (Å²) in [4.78, 5) is 31.6. The van der Waals surface area contributed by atoms with Crippen LogP contribution in [0.15, 0.2) is 0 Å². The molecule has 104 valence electrons. The van der Waals surface area contributed by atoms with Crippen molar-refractivity contribution >= 4 is 20.1 Å². The molecule has 1 aliphatic carbocycles. The zero-order chi connectivity index (χ0) is 13.5. The summed E-state index contributed by atoms with van der Waals surface area (Å²) in [5, 5.41) is 17.6. The van der Waals surface area contributed by atoms with Crippen molar-refractivity contribution in [2.45, 2.75) is 50.6 Å². The van der Waals surface area contributed by atoms with Crippen molar-refractivity contribution in [1.29, 1.82) is 0 Å². The van der Waals surface area contributed by atoms with Crippen molar-refractivity contribution in [3.05, 3.63) is 0 Å². The first-order chi connectivity index (χ1) is 8.50. The van der Waals surface area contributed by atoms with E-state index in [-0.39, 0.29) is 24.7 Å². The van der Waals surface area contributed by atoms with Gasteiger partial charge < -0.3 is 15.1 Å². The van der Waals surface area contributed by atoms with Crippen LogP contribution in [0.5, 0.6) is 0 Å². The van der Waals surface area contributed by atoms with Gasteiger partial charge in [-0.05, 0) is 19.3 Å². The Morgan fingerprint density at radius 3 is 2.28 bits per heavy atom. The average molecular weight is 276 g/mol. The number of carbonyl (C=O) groups is 2. The summed E-state index contributed by atoms with van der Waals surface area (Å²) < 4.78 is 0. The number of rotatable bonds is 7. The highest BCUT2D eigenvalue weighted by atomic mass is 31.1. The molecule has 18 heavy (non-hydrogen) atoms. The normalized spacial score (nSPS) is 20.3. The third-order valence-corrected chi connectivity index (χ3v) is 5.63. The van der Waals surface area contributed by atoms with Crippen molar-refractivity contribution in [3.63, 3.8) is 0 Å². The number of hydrogen-bond acceptors (Lipinski definition) is 3. The second kappa shape index (κ2) is 7.70. The Morgan fingerprint density at radius 1 is 1.17 bits per heavy atom. The van der Waals surface area contributed by atoms with E-state index in [0.29, 0.717) is 0 Å². The predicted molar refractivity (Wildman–Crippen MR) is 68.9 cm³/mol. The zero-order valence-corrected chi connectivity index (χ0v) is 11.3. The van der Waals surface area contributed by atoms with E-state index in [1.165, 1.54) is 6.42 Å². The predicted octanol–water partition coefficient (Wildman–Crippen LogP) is 2.27. The number of carboxylic acid groups (broad SMARTS) is 2. The highest BCUT2D eigenvalue weighted by Gasteiger charge is 2.28. The molecule has 0 aromatic carbocycles. The van der Waals surface area contributed by atoms with E-state index in [9.17, 15) is 14.5 Å². The summed E-state index contributed by atoms with van der Waals surface area (Å²) in [5.74, 6) is -2.70. The molecule has 0 aromatic heterocycles. The van der Waals surface area contributed by atoms with Crippen LogP contribution in [-0.4, -0.2) is 38.9 Å². The van der Waals surface area contributed by atoms with Gasteiger partial charge in [0.25, 0.3) is 0 Å². The fourth-order valence-electron chi connectivity index (χ4n) is 2.34. The fourth-order valence-corrected chi connectivity index (χ4v) is 4.39. The lowest BCUT2D eigenvalue weighted by molar-refractivity contribution is -0.142. The molecule has 0 amide bonds. The second-order valence-corrected chi connectivity index (χ2v) is 6.86. The SMILES string of the molecule is O=C(O)CCC(CP(O)C1CCCCC1)C(=O)O. The van der Waals surface area contributed by atoms with E-state index in [1.54, 1.807) is 0 Å². The maximum absolute atomic E-state index is 11.0. The van der Waals surface area contributed by atoms with Gasteiger partial charge in [-0.3, -0.25) is 9.59 Å². The van der Waals surface area contributed by atoms with E-state index >= 15 is 0 Å². The van der Waals surface area contributed by atoms with E-state index in [2.05, 4.69) is 0 Å². The highest BCUT2D eigenvalue weighted by Crippen LogP contribution is 2.46. The summed E-state index contributed by atoms with van der Waals surface area (Å²) in [6.07, 6.45) is 5.57. The lowest BCUT2D eigenvalue weighted by Crippen LogP contribution is -2.22. The van der Waals surface area contributed by atoms with Crippen LogP contribution >= 0.6 is 8.15 Å². The van der Waals surface area contributed by atoms with E-state index in [1.807, 2.05) is 0 Å². The Bertz CT molecular complexity index is 288. The molecule has 2 unspecified atom stereocenters. The molecule has 0 saturated heterocycles. The van der Waals surface area contributed by atoms with Crippen LogP contribution in [-0.2, 0) is 9.59 Å². The molecule has 0 bridgehead atoms. The molecular weight excluding hydrogens is 255 g/mol. The first-order valence-corrected chi connectivity index (χ1v) is 7.95.